The zero-order chi connectivity index (χ0) is 18.7. The lowest BCUT2D eigenvalue weighted by Crippen LogP contribution is -2.42. The van der Waals surface area contributed by atoms with Gasteiger partial charge in [-0.3, -0.25) is 14.4 Å². The molecule has 1 amide bonds. The molecule has 0 N–H and O–H groups in total. The Kier molecular flexibility index (Phi) is 6.35. The third-order valence-corrected chi connectivity index (χ3v) is 6.01. The van der Waals surface area contributed by atoms with Crippen molar-refractivity contribution in [2.45, 2.75) is 63.7 Å². The molecule has 2 aliphatic rings. The second-order valence-electron chi connectivity index (χ2n) is 8.23. The monoisotopic (exact) mass is 362 g/mol. The largest absolute Gasteiger partial charge is 0.375 e. The molecule has 4 atom stereocenters. The molecule has 0 aromatic carbocycles. The van der Waals surface area contributed by atoms with E-state index in [1.165, 1.54) is 12.0 Å². The summed E-state index contributed by atoms with van der Waals surface area (Å²) in [5, 5.41) is 4.35. The van der Waals surface area contributed by atoms with Crippen LogP contribution in [0, 0.1) is 5.92 Å². The van der Waals surface area contributed by atoms with Gasteiger partial charge in [-0.1, -0.05) is 0 Å². The average molecular weight is 363 g/mol. The molecule has 0 radical (unpaired) electrons. The van der Waals surface area contributed by atoms with Crippen molar-refractivity contribution in [3.8, 4) is 0 Å². The molecule has 146 valence electrons. The second kappa shape index (κ2) is 8.53. The van der Waals surface area contributed by atoms with Gasteiger partial charge in [-0.2, -0.15) is 5.10 Å². The Bertz CT molecular complexity index is 602. The van der Waals surface area contributed by atoms with Crippen molar-refractivity contribution < 1.29 is 9.53 Å². The number of hydrogen-bond donors (Lipinski definition) is 0. The van der Waals surface area contributed by atoms with Gasteiger partial charge in [-0.15, -0.1) is 0 Å². The summed E-state index contributed by atoms with van der Waals surface area (Å²) in [4.78, 5) is 17.0. The Balaban J connectivity index is 1.55. The van der Waals surface area contributed by atoms with Crippen LogP contribution in [0.2, 0.25) is 0 Å². The normalized spacial score (nSPS) is 29.8. The van der Waals surface area contributed by atoms with Crippen LogP contribution in [0.5, 0.6) is 0 Å². The van der Waals surface area contributed by atoms with E-state index in [2.05, 4.69) is 30.2 Å². The molecular formula is C20H34N4O2. The number of hydrogen-bond acceptors (Lipinski definition) is 4. The summed E-state index contributed by atoms with van der Waals surface area (Å²) in [5.41, 5.74) is 1.26. The first kappa shape index (κ1) is 19.4. The van der Waals surface area contributed by atoms with Crippen LogP contribution in [0.1, 0.15) is 57.1 Å². The summed E-state index contributed by atoms with van der Waals surface area (Å²) in [6, 6.07) is 0.340. The summed E-state index contributed by atoms with van der Waals surface area (Å²) >= 11 is 0. The van der Waals surface area contributed by atoms with Gasteiger partial charge in [0.1, 0.15) is 0 Å². The van der Waals surface area contributed by atoms with Crippen LogP contribution in [0.3, 0.4) is 0 Å². The summed E-state index contributed by atoms with van der Waals surface area (Å²) in [6.45, 7) is 4.03. The fourth-order valence-electron chi connectivity index (χ4n) is 4.60. The van der Waals surface area contributed by atoms with E-state index >= 15 is 0 Å². The molecule has 0 unspecified atom stereocenters. The Labute approximate surface area is 157 Å². The molecule has 26 heavy (non-hydrogen) atoms. The van der Waals surface area contributed by atoms with Crippen molar-refractivity contribution in [3.63, 3.8) is 0 Å². The number of carbonyl (C=O) groups is 1. The Morgan fingerprint density at radius 3 is 2.81 bits per heavy atom. The van der Waals surface area contributed by atoms with Crippen LogP contribution < -0.4 is 0 Å². The lowest BCUT2D eigenvalue weighted by atomic mass is 9.85. The molecule has 0 bridgehead atoms. The Morgan fingerprint density at radius 1 is 1.35 bits per heavy atom. The van der Waals surface area contributed by atoms with E-state index in [0.717, 1.165) is 38.8 Å². The van der Waals surface area contributed by atoms with Gasteiger partial charge in [0.05, 0.1) is 18.4 Å². The number of rotatable bonds is 6. The van der Waals surface area contributed by atoms with Gasteiger partial charge in [0.15, 0.2) is 0 Å². The fourth-order valence-corrected chi connectivity index (χ4v) is 4.60. The van der Waals surface area contributed by atoms with Gasteiger partial charge in [-0.25, -0.2) is 0 Å². The molecule has 1 aromatic heterocycles. The van der Waals surface area contributed by atoms with Crippen LogP contribution in [0.25, 0.3) is 0 Å². The van der Waals surface area contributed by atoms with E-state index in [1.54, 1.807) is 0 Å². The highest BCUT2D eigenvalue weighted by molar-refractivity contribution is 5.75. The fraction of sp³-hybridized carbons (Fsp3) is 0.800. The minimum atomic E-state index is 0.242. The lowest BCUT2D eigenvalue weighted by Gasteiger charge is -2.40. The van der Waals surface area contributed by atoms with Gasteiger partial charge in [0.25, 0.3) is 0 Å². The number of aromatic nitrogens is 2. The van der Waals surface area contributed by atoms with E-state index in [9.17, 15) is 4.79 Å². The van der Waals surface area contributed by atoms with Crippen LogP contribution in [-0.2, 0) is 16.6 Å². The number of amides is 1. The van der Waals surface area contributed by atoms with Gasteiger partial charge >= 0.3 is 0 Å². The van der Waals surface area contributed by atoms with Crippen LogP contribution in [0.15, 0.2) is 12.4 Å². The highest BCUT2D eigenvalue weighted by Crippen LogP contribution is 2.35. The number of aryl methyl sites for hydroxylation is 1. The third kappa shape index (κ3) is 4.65. The summed E-state index contributed by atoms with van der Waals surface area (Å²) in [7, 11) is 6.10. The van der Waals surface area contributed by atoms with Gasteiger partial charge in [0, 0.05) is 44.9 Å². The van der Waals surface area contributed by atoms with Crippen molar-refractivity contribution in [1.82, 2.24) is 19.6 Å². The van der Waals surface area contributed by atoms with Crippen molar-refractivity contribution in [1.29, 1.82) is 0 Å². The maximum atomic E-state index is 12.6. The highest BCUT2D eigenvalue weighted by Gasteiger charge is 2.33. The van der Waals surface area contributed by atoms with Crippen molar-refractivity contribution in [2.75, 3.05) is 27.2 Å². The first-order valence-electron chi connectivity index (χ1n) is 10.0. The summed E-state index contributed by atoms with van der Waals surface area (Å²) in [5.74, 6) is 0.695. The first-order chi connectivity index (χ1) is 12.4. The number of carbonyl (C=O) groups excluding carboxylic acids is 1. The standard InChI is InChI=1S/C20H34N4O2/c1-15-7-8-18(26-15)9-10-19(25)23(3)13-16-6-5-11-22(2)20(16)17-12-21-24(4)14-17/h12,14-16,18,20H,5-11,13H2,1-4H3/t15-,16+,18-,20-/m1/s1. The molecule has 3 heterocycles. The Morgan fingerprint density at radius 2 is 2.15 bits per heavy atom. The zero-order valence-electron chi connectivity index (χ0n) is 16.7. The molecule has 6 heteroatoms. The van der Waals surface area contributed by atoms with Crippen LogP contribution in [-0.4, -0.2) is 64.9 Å². The van der Waals surface area contributed by atoms with Crippen LogP contribution >= 0.6 is 0 Å². The van der Waals surface area contributed by atoms with E-state index in [0.29, 0.717) is 24.5 Å². The molecule has 6 nitrogen and oxygen atoms in total. The minimum Gasteiger partial charge on any atom is -0.375 e. The number of ether oxygens (including phenoxy) is 1. The number of likely N-dealkylation sites (tertiary alicyclic amines) is 1. The average Bonchev–Trinajstić information content (AvgIpc) is 3.21. The quantitative estimate of drug-likeness (QED) is 0.781. The highest BCUT2D eigenvalue weighted by atomic mass is 16.5. The van der Waals surface area contributed by atoms with E-state index in [4.69, 9.17) is 4.74 Å². The zero-order valence-corrected chi connectivity index (χ0v) is 16.7. The number of nitrogens with zero attached hydrogens (tertiary/aromatic N) is 4. The van der Waals surface area contributed by atoms with E-state index in [-0.39, 0.29) is 12.0 Å². The maximum Gasteiger partial charge on any atom is 0.222 e. The van der Waals surface area contributed by atoms with Crippen molar-refractivity contribution in [3.05, 3.63) is 18.0 Å². The van der Waals surface area contributed by atoms with Crippen molar-refractivity contribution >= 4 is 5.91 Å². The third-order valence-electron chi connectivity index (χ3n) is 6.01. The van der Waals surface area contributed by atoms with Gasteiger partial charge in [-0.05, 0) is 58.5 Å². The smallest absolute Gasteiger partial charge is 0.222 e. The minimum absolute atomic E-state index is 0.242. The topological polar surface area (TPSA) is 50.6 Å². The SMILES string of the molecule is C[C@@H]1CC[C@H](CCC(=O)N(C)C[C@@H]2CCCN(C)[C@H]2c2cnn(C)c2)O1. The molecule has 0 saturated carbocycles. The first-order valence-corrected chi connectivity index (χ1v) is 10.0. The lowest BCUT2D eigenvalue weighted by molar-refractivity contribution is -0.131. The van der Waals surface area contributed by atoms with E-state index in [1.807, 2.05) is 29.9 Å². The Hall–Kier alpha value is -1.40. The molecule has 2 aliphatic heterocycles. The molecule has 3 rings (SSSR count). The van der Waals surface area contributed by atoms with Crippen LogP contribution in [0.4, 0.5) is 0 Å². The molecule has 2 saturated heterocycles. The molecule has 2 fully saturated rings. The summed E-state index contributed by atoms with van der Waals surface area (Å²) < 4.78 is 7.71. The maximum absolute atomic E-state index is 12.6. The second-order valence-corrected chi connectivity index (χ2v) is 8.23. The molecule has 0 spiro atoms. The van der Waals surface area contributed by atoms with Gasteiger partial charge in [0.2, 0.25) is 5.91 Å². The molecular weight excluding hydrogens is 328 g/mol. The van der Waals surface area contributed by atoms with Crippen molar-refractivity contribution in [2.24, 2.45) is 13.0 Å². The van der Waals surface area contributed by atoms with Gasteiger partial charge < -0.3 is 9.64 Å². The summed E-state index contributed by atoms with van der Waals surface area (Å²) in [6.07, 6.45) is 10.7. The molecule has 0 aliphatic carbocycles. The predicted octanol–water partition coefficient (Wildman–Crippen LogP) is 2.61. The number of piperidine rings is 1. The van der Waals surface area contributed by atoms with E-state index < -0.39 is 0 Å². The molecule has 1 aromatic rings. The predicted molar refractivity (Wildman–Crippen MR) is 102 cm³/mol.